The van der Waals surface area contributed by atoms with E-state index in [1.165, 1.54) is 6.20 Å². The Hall–Kier alpha value is -2.90. The molecule has 2 N–H and O–H groups in total. The lowest BCUT2D eigenvalue weighted by Gasteiger charge is -2.28. The summed E-state index contributed by atoms with van der Waals surface area (Å²) in [6.45, 7) is 5.29. The number of nitrogens with one attached hydrogen (secondary N) is 2. The highest BCUT2D eigenvalue weighted by atomic mass is 16.5. The third kappa shape index (κ3) is 4.56. The van der Waals surface area contributed by atoms with Crippen LogP contribution in [-0.4, -0.2) is 42.2 Å². The van der Waals surface area contributed by atoms with Crippen LogP contribution in [-0.2, 0) is 14.3 Å². The number of aryl methyl sites for hydroxylation is 1. The molecule has 0 fully saturated rings. The summed E-state index contributed by atoms with van der Waals surface area (Å²) in [6.07, 6.45) is 1.91. The Morgan fingerprint density at radius 3 is 2.56 bits per heavy atom. The van der Waals surface area contributed by atoms with Gasteiger partial charge in [0.1, 0.15) is 6.61 Å². The van der Waals surface area contributed by atoms with Crippen molar-refractivity contribution in [2.45, 2.75) is 33.2 Å². The monoisotopic (exact) mass is 347 g/mol. The van der Waals surface area contributed by atoms with Crippen LogP contribution in [0.5, 0.6) is 0 Å². The molecule has 0 saturated carbocycles. The van der Waals surface area contributed by atoms with Crippen molar-refractivity contribution < 1.29 is 23.9 Å². The molecule has 0 aliphatic carbocycles. The molecule has 0 radical (unpaired) electrons. The Labute approximate surface area is 145 Å². The maximum atomic E-state index is 12.2. The summed E-state index contributed by atoms with van der Waals surface area (Å²) in [6, 6.07) is 2.34. The minimum atomic E-state index is -0.593. The summed E-state index contributed by atoms with van der Waals surface area (Å²) >= 11 is 0. The van der Waals surface area contributed by atoms with Crippen LogP contribution < -0.4 is 10.6 Å². The SMILES string of the molecule is CCOC(=O)C1=C(COC(=O)c2ccc(C)nc2)NC(=O)NC1CC. The number of carbonyl (C=O) groups excluding carboxylic acids is 3. The van der Waals surface area contributed by atoms with Crippen molar-refractivity contribution in [2.75, 3.05) is 13.2 Å². The van der Waals surface area contributed by atoms with Gasteiger partial charge in [-0.25, -0.2) is 14.4 Å². The summed E-state index contributed by atoms with van der Waals surface area (Å²) in [5.74, 6) is -1.14. The smallest absolute Gasteiger partial charge is 0.340 e. The number of nitrogens with zero attached hydrogens (tertiary/aromatic N) is 1. The third-order valence-electron chi connectivity index (χ3n) is 3.64. The molecule has 0 bridgehead atoms. The fraction of sp³-hybridized carbons (Fsp3) is 0.412. The standard InChI is InChI=1S/C17H21N3O5/c1-4-12-14(16(22)24-5-2)13(20-17(23)19-12)9-25-15(21)11-7-6-10(3)18-8-11/h6-8,12H,4-5,9H2,1-3H3,(H2,19,20,23). The maximum Gasteiger partial charge on any atom is 0.340 e. The summed E-state index contributed by atoms with van der Waals surface area (Å²) < 4.78 is 10.3. The maximum absolute atomic E-state index is 12.2. The van der Waals surface area contributed by atoms with Crippen LogP contribution in [0.3, 0.4) is 0 Å². The topological polar surface area (TPSA) is 107 Å². The average Bonchev–Trinajstić information content (AvgIpc) is 2.59. The number of ether oxygens (including phenoxy) is 2. The lowest BCUT2D eigenvalue weighted by molar-refractivity contribution is -0.139. The molecule has 2 amide bonds. The number of aromatic nitrogens is 1. The van der Waals surface area contributed by atoms with E-state index in [1.807, 2.05) is 6.92 Å². The quantitative estimate of drug-likeness (QED) is 0.755. The Morgan fingerprint density at radius 2 is 1.96 bits per heavy atom. The Morgan fingerprint density at radius 1 is 1.20 bits per heavy atom. The predicted molar refractivity (Wildman–Crippen MR) is 88.7 cm³/mol. The van der Waals surface area contributed by atoms with E-state index in [0.717, 1.165) is 5.69 Å². The van der Waals surface area contributed by atoms with Gasteiger partial charge in [-0.1, -0.05) is 6.92 Å². The number of rotatable bonds is 6. The van der Waals surface area contributed by atoms with E-state index in [4.69, 9.17) is 9.47 Å². The van der Waals surface area contributed by atoms with E-state index in [2.05, 4.69) is 15.6 Å². The van der Waals surface area contributed by atoms with Crippen molar-refractivity contribution in [1.29, 1.82) is 0 Å². The van der Waals surface area contributed by atoms with Gasteiger partial charge in [0.15, 0.2) is 0 Å². The van der Waals surface area contributed by atoms with Gasteiger partial charge in [0, 0.05) is 11.9 Å². The van der Waals surface area contributed by atoms with Crippen LogP contribution in [0.25, 0.3) is 0 Å². The van der Waals surface area contributed by atoms with Crippen molar-refractivity contribution in [3.8, 4) is 0 Å². The molecule has 1 aromatic rings. The van der Waals surface area contributed by atoms with Crippen LogP contribution in [0.1, 0.15) is 36.3 Å². The number of esters is 2. The Kier molecular flexibility index (Phi) is 6.10. The fourth-order valence-electron chi connectivity index (χ4n) is 2.39. The minimum absolute atomic E-state index is 0.203. The molecule has 8 nitrogen and oxygen atoms in total. The molecular formula is C17H21N3O5. The lowest BCUT2D eigenvalue weighted by atomic mass is 10.0. The largest absolute Gasteiger partial charge is 0.463 e. The summed E-state index contributed by atoms with van der Waals surface area (Å²) in [5.41, 5.74) is 1.55. The van der Waals surface area contributed by atoms with Crippen molar-refractivity contribution >= 4 is 18.0 Å². The second-order valence-corrected chi connectivity index (χ2v) is 5.44. The first-order valence-electron chi connectivity index (χ1n) is 8.03. The van der Waals surface area contributed by atoms with Gasteiger partial charge >= 0.3 is 18.0 Å². The predicted octanol–water partition coefficient (Wildman–Crippen LogP) is 1.46. The molecule has 0 saturated heterocycles. The van der Waals surface area contributed by atoms with Gasteiger partial charge in [-0.2, -0.15) is 0 Å². The van der Waals surface area contributed by atoms with Crippen LogP contribution >= 0.6 is 0 Å². The van der Waals surface area contributed by atoms with Gasteiger partial charge in [-0.05, 0) is 32.4 Å². The second kappa shape index (κ2) is 8.27. The molecule has 0 spiro atoms. The van der Waals surface area contributed by atoms with E-state index in [9.17, 15) is 14.4 Å². The van der Waals surface area contributed by atoms with Crippen molar-refractivity contribution in [3.05, 3.63) is 40.9 Å². The van der Waals surface area contributed by atoms with Gasteiger partial charge < -0.3 is 20.1 Å². The first-order chi connectivity index (χ1) is 12.0. The fourth-order valence-corrected chi connectivity index (χ4v) is 2.39. The normalized spacial score (nSPS) is 16.8. The molecule has 1 aliphatic heterocycles. The molecule has 25 heavy (non-hydrogen) atoms. The van der Waals surface area contributed by atoms with E-state index < -0.39 is 24.0 Å². The molecule has 134 valence electrons. The number of urea groups is 1. The number of carbonyl (C=O) groups is 3. The van der Waals surface area contributed by atoms with Gasteiger partial charge in [0.2, 0.25) is 0 Å². The molecule has 1 aliphatic rings. The zero-order valence-corrected chi connectivity index (χ0v) is 14.4. The Bertz CT molecular complexity index is 697. The van der Waals surface area contributed by atoms with Crippen molar-refractivity contribution in [1.82, 2.24) is 15.6 Å². The Balaban J connectivity index is 2.19. The molecule has 1 atom stereocenters. The van der Waals surface area contributed by atoms with Gasteiger partial charge in [-0.3, -0.25) is 4.98 Å². The summed E-state index contributed by atoms with van der Waals surface area (Å²) in [4.78, 5) is 40.1. The van der Waals surface area contributed by atoms with Gasteiger partial charge in [0.25, 0.3) is 0 Å². The third-order valence-corrected chi connectivity index (χ3v) is 3.64. The number of hydrogen-bond donors (Lipinski definition) is 2. The van der Waals surface area contributed by atoms with Gasteiger partial charge in [0.05, 0.1) is 29.5 Å². The molecule has 1 aromatic heterocycles. The number of pyridine rings is 1. The van der Waals surface area contributed by atoms with Crippen LogP contribution in [0.2, 0.25) is 0 Å². The minimum Gasteiger partial charge on any atom is -0.463 e. The van der Waals surface area contributed by atoms with E-state index in [1.54, 1.807) is 26.0 Å². The summed E-state index contributed by atoms with van der Waals surface area (Å²) in [5, 5.41) is 5.17. The van der Waals surface area contributed by atoms with Gasteiger partial charge in [-0.15, -0.1) is 0 Å². The zero-order chi connectivity index (χ0) is 18.4. The number of amides is 2. The van der Waals surface area contributed by atoms with E-state index in [-0.39, 0.29) is 30.0 Å². The second-order valence-electron chi connectivity index (χ2n) is 5.44. The first kappa shape index (κ1) is 18.4. The molecule has 1 unspecified atom stereocenters. The molecule has 2 heterocycles. The van der Waals surface area contributed by atoms with E-state index >= 15 is 0 Å². The molecule has 8 heteroatoms. The van der Waals surface area contributed by atoms with Crippen LogP contribution in [0.15, 0.2) is 29.6 Å². The highest BCUT2D eigenvalue weighted by molar-refractivity contribution is 5.95. The first-order valence-corrected chi connectivity index (χ1v) is 8.03. The van der Waals surface area contributed by atoms with Crippen molar-refractivity contribution in [3.63, 3.8) is 0 Å². The molecule has 2 rings (SSSR count). The number of hydrogen-bond acceptors (Lipinski definition) is 6. The van der Waals surface area contributed by atoms with Crippen molar-refractivity contribution in [2.24, 2.45) is 0 Å². The molecule has 0 aromatic carbocycles. The average molecular weight is 347 g/mol. The van der Waals surface area contributed by atoms with Crippen LogP contribution in [0, 0.1) is 6.92 Å². The zero-order valence-electron chi connectivity index (χ0n) is 14.4. The lowest BCUT2D eigenvalue weighted by Crippen LogP contribution is -2.51. The van der Waals surface area contributed by atoms with Crippen LogP contribution in [0.4, 0.5) is 4.79 Å². The van der Waals surface area contributed by atoms with E-state index in [0.29, 0.717) is 6.42 Å². The highest BCUT2D eigenvalue weighted by Gasteiger charge is 2.32. The highest BCUT2D eigenvalue weighted by Crippen LogP contribution is 2.17. The molecular weight excluding hydrogens is 326 g/mol. The summed E-state index contributed by atoms with van der Waals surface area (Å²) in [7, 11) is 0.